The van der Waals surface area contributed by atoms with Crippen LogP contribution < -0.4 is 0 Å². The minimum atomic E-state index is -2.31. The Balaban J connectivity index is 1.85. The van der Waals surface area contributed by atoms with Crippen LogP contribution in [-0.4, -0.2) is 58.8 Å². The summed E-state index contributed by atoms with van der Waals surface area (Å²) >= 11 is 0. The van der Waals surface area contributed by atoms with E-state index in [1.165, 1.54) is 19.1 Å². The summed E-state index contributed by atoms with van der Waals surface area (Å²) in [5, 5.41) is 11.4. The van der Waals surface area contributed by atoms with Gasteiger partial charge in [-0.3, -0.25) is 19.2 Å². The van der Waals surface area contributed by atoms with Crippen LogP contribution in [0.5, 0.6) is 0 Å². The molecule has 192 valence electrons. The molecule has 0 aromatic rings. The molecular formula is C26H32F2O7. The van der Waals surface area contributed by atoms with Gasteiger partial charge in [-0.05, 0) is 49.8 Å². The van der Waals surface area contributed by atoms with Gasteiger partial charge in [-0.2, -0.15) is 0 Å². The highest BCUT2D eigenvalue weighted by molar-refractivity contribution is 6.01. The standard InChI is InChI=1S/C26H32F2O7/c1-13-8-17-18-10-20(27)19-9-16(31)6-7-23(19,4)25(18,28)21(32)11-24(17,5)26(13,35-15(3)30)22(33)12-34-14(2)29/h6-7,9,13,17-18,20-21,32H,8,10-12H2,1-5H3/t13-,17-,18-,20-,21-,23-,24-,25-,26?/m0/s1. The first-order valence-corrected chi connectivity index (χ1v) is 12.0. The summed E-state index contributed by atoms with van der Waals surface area (Å²) in [6, 6.07) is 0. The van der Waals surface area contributed by atoms with Crippen molar-refractivity contribution in [3.05, 3.63) is 23.8 Å². The molecule has 0 heterocycles. The molecule has 0 aliphatic heterocycles. The number of carbonyl (C=O) groups excluding carboxylic acids is 4. The predicted octanol–water partition coefficient (Wildman–Crippen LogP) is 2.99. The van der Waals surface area contributed by atoms with Crippen molar-refractivity contribution in [3.8, 4) is 0 Å². The van der Waals surface area contributed by atoms with Gasteiger partial charge in [0.1, 0.15) is 6.17 Å². The van der Waals surface area contributed by atoms with Crippen molar-refractivity contribution < 1.29 is 42.5 Å². The van der Waals surface area contributed by atoms with Crippen LogP contribution in [0.2, 0.25) is 0 Å². The van der Waals surface area contributed by atoms with Gasteiger partial charge in [0, 0.05) is 36.5 Å². The van der Waals surface area contributed by atoms with E-state index in [9.17, 15) is 24.3 Å². The Morgan fingerprint density at radius 1 is 1.14 bits per heavy atom. The molecule has 1 N–H and O–H groups in total. The number of allylic oxidation sites excluding steroid dienone is 4. The smallest absolute Gasteiger partial charge is 0.303 e. The SMILES string of the molecule is CC(=O)OCC(=O)C1(OC(C)=O)[C@@H](C)C[C@H]2[C@@H]3C[C@H](F)C4=CC(=O)C=C[C@]4(C)[C@@]3(F)[C@@H](O)C[C@@]21C. The first-order valence-electron chi connectivity index (χ1n) is 12.0. The lowest BCUT2D eigenvalue weighted by Crippen LogP contribution is -2.71. The average Bonchev–Trinajstić information content (AvgIpc) is 2.97. The van der Waals surface area contributed by atoms with Gasteiger partial charge in [0.05, 0.1) is 6.10 Å². The Labute approximate surface area is 202 Å². The van der Waals surface area contributed by atoms with E-state index in [2.05, 4.69) is 0 Å². The maximum Gasteiger partial charge on any atom is 0.303 e. The molecule has 0 bridgehead atoms. The average molecular weight is 495 g/mol. The van der Waals surface area contributed by atoms with E-state index in [-0.39, 0.29) is 24.8 Å². The third-order valence-electron chi connectivity index (χ3n) is 9.29. The molecule has 0 aromatic heterocycles. The molecule has 9 heteroatoms. The predicted molar refractivity (Wildman–Crippen MR) is 119 cm³/mol. The molecule has 9 atom stereocenters. The highest BCUT2D eigenvalue weighted by Crippen LogP contribution is 2.71. The van der Waals surface area contributed by atoms with Crippen LogP contribution in [0, 0.1) is 28.6 Å². The molecule has 4 rings (SSSR count). The number of fused-ring (bicyclic) bond motifs is 5. The number of aliphatic hydroxyl groups is 1. The highest BCUT2D eigenvalue weighted by Gasteiger charge is 2.78. The zero-order valence-corrected chi connectivity index (χ0v) is 20.6. The second kappa shape index (κ2) is 8.05. The lowest BCUT2D eigenvalue weighted by atomic mass is 9.44. The topological polar surface area (TPSA) is 107 Å². The molecule has 1 unspecified atom stereocenters. The monoisotopic (exact) mass is 494 g/mol. The quantitative estimate of drug-likeness (QED) is 0.599. The Kier molecular flexibility index (Phi) is 5.90. The van der Waals surface area contributed by atoms with E-state index < -0.39 is 82.2 Å². The van der Waals surface area contributed by atoms with Crippen molar-refractivity contribution in [2.75, 3.05) is 6.61 Å². The molecule has 0 radical (unpaired) electrons. The van der Waals surface area contributed by atoms with Crippen molar-refractivity contribution in [2.45, 2.75) is 77.4 Å². The Morgan fingerprint density at radius 2 is 1.80 bits per heavy atom. The van der Waals surface area contributed by atoms with Gasteiger partial charge < -0.3 is 14.6 Å². The number of hydrogen-bond acceptors (Lipinski definition) is 7. The molecule has 3 fully saturated rings. The Hall–Kier alpha value is -2.42. The molecule has 0 saturated heterocycles. The number of halogens is 2. The van der Waals surface area contributed by atoms with Gasteiger partial charge in [-0.25, -0.2) is 8.78 Å². The summed E-state index contributed by atoms with van der Waals surface area (Å²) in [4.78, 5) is 49.1. The molecule has 7 nitrogen and oxygen atoms in total. The summed E-state index contributed by atoms with van der Waals surface area (Å²) in [5.74, 6) is -4.77. The van der Waals surface area contributed by atoms with E-state index in [0.29, 0.717) is 0 Å². The fraction of sp³-hybridized carbons (Fsp3) is 0.692. The van der Waals surface area contributed by atoms with E-state index >= 15 is 8.78 Å². The minimum absolute atomic E-state index is 0.00892. The molecule has 4 aliphatic carbocycles. The third kappa shape index (κ3) is 3.22. The number of Topliss-reactive ketones (excluding diaryl/α,β-unsaturated/α-hetero) is 1. The number of hydrogen-bond donors (Lipinski definition) is 1. The number of esters is 2. The number of rotatable bonds is 4. The maximum atomic E-state index is 17.3. The number of ketones is 2. The fourth-order valence-electron chi connectivity index (χ4n) is 7.89. The molecule has 0 amide bonds. The second-order valence-electron chi connectivity index (χ2n) is 11.0. The number of aliphatic hydroxyl groups excluding tert-OH is 1. The van der Waals surface area contributed by atoms with Crippen LogP contribution in [0.1, 0.15) is 53.9 Å². The number of alkyl halides is 2. The molecule has 0 aromatic carbocycles. The summed E-state index contributed by atoms with van der Waals surface area (Å²) in [7, 11) is 0. The first-order chi connectivity index (χ1) is 16.1. The second-order valence-corrected chi connectivity index (χ2v) is 11.0. The van der Waals surface area contributed by atoms with Crippen LogP contribution in [0.15, 0.2) is 23.8 Å². The summed E-state index contributed by atoms with van der Waals surface area (Å²) in [5.41, 5.74) is -6.90. The lowest BCUT2D eigenvalue weighted by molar-refractivity contribution is -0.231. The van der Waals surface area contributed by atoms with Crippen molar-refractivity contribution >= 4 is 23.5 Å². The zero-order valence-electron chi connectivity index (χ0n) is 20.6. The number of ether oxygens (including phenoxy) is 2. The first kappa shape index (κ1) is 25.7. The third-order valence-corrected chi connectivity index (χ3v) is 9.29. The summed E-state index contributed by atoms with van der Waals surface area (Å²) in [6.45, 7) is 6.52. The van der Waals surface area contributed by atoms with Crippen molar-refractivity contribution in [3.63, 3.8) is 0 Å². The Bertz CT molecular complexity index is 1050. The van der Waals surface area contributed by atoms with Gasteiger partial charge in [0.15, 0.2) is 23.7 Å². The van der Waals surface area contributed by atoms with E-state index in [1.807, 2.05) is 0 Å². The summed E-state index contributed by atoms with van der Waals surface area (Å²) < 4.78 is 43.5. The molecule has 35 heavy (non-hydrogen) atoms. The van der Waals surface area contributed by atoms with Gasteiger partial charge in [-0.15, -0.1) is 0 Å². The lowest BCUT2D eigenvalue weighted by Gasteiger charge is -2.63. The minimum Gasteiger partial charge on any atom is -0.458 e. The Morgan fingerprint density at radius 3 is 2.40 bits per heavy atom. The van der Waals surface area contributed by atoms with Gasteiger partial charge >= 0.3 is 11.9 Å². The molecular weight excluding hydrogens is 462 g/mol. The summed E-state index contributed by atoms with van der Waals surface area (Å²) in [6.07, 6.45) is 0.118. The normalized spacial score (nSPS) is 46.1. The molecule has 0 spiro atoms. The highest BCUT2D eigenvalue weighted by atomic mass is 19.1. The van der Waals surface area contributed by atoms with Crippen molar-refractivity contribution in [1.29, 1.82) is 0 Å². The fourth-order valence-corrected chi connectivity index (χ4v) is 7.89. The van der Waals surface area contributed by atoms with E-state index in [1.54, 1.807) is 13.8 Å². The van der Waals surface area contributed by atoms with E-state index in [4.69, 9.17) is 9.47 Å². The van der Waals surface area contributed by atoms with Crippen LogP contribution in [0.4, 0.5) is 8.78 Å². The zero-order chi connectivity index (χ0) is 26.1. The van der Waals surface area contributed by atoms with E-state index in [0.717, 1.165) is 19.9 Å². The van der Waals surface area contributed by atoms with Gasteiger partial charge in [-0.1, -0.05) is 19.9 Å². The van der Waals surface area contributed by atoms with Crippen LogP contribution in [0.3, 0.4) is 0 Å². The van der Waals surface area contributed by atoms with Crippen molar-refractivity contribution in [2.24, 2.45) is 28.6 Å². The molecule has 3 saturated carbocycles. The van der Waals surface area contributed by atoms with Crippen LogP contribution >= 0.6 is 0 Å². The van der Waals surface area contributed by atoms with Gasteiger partial charge in [0.25, 0.3) is 0 Å². The largest absolute Gasteiger partial charge is 0.458 e. The number of carbonyl (C=O) groups is 4. The van der Waals surface area contributed by atoms with Gasteiger partial charge in [0.2, 0.25) is 5.78 Å². The molecule has 4 aliphatic rings. The van der Waals surface area contributed by atoms with Crippen LogP contribution in [-0.2, 0) is 28.7 Å². The maximum absolute atomic E-state index is 17.3. The van der Waals surface area contributed by atoms with Crippen molar-refractivity contribution in [1.82, 2.24) is 0 Å². The van der Waals surface area contributed by atoms with Crippen LogP contribution in [0.25, 0.3) is 0 Å².